The van der Waals surface area contributed by atoms with Crippen LogP contribution in [0.3, 0.4) is 0 Å². The molecule has 1 heterocycles. The van der Waals surface area contributed by atoms with Crippen LogP contribution in [0.25, 0.3) is 0 Å². The molecule has 0 radical (unpaired) electrons. The van der Waals surface area contributed by atoms with Crippen molar-refractivity contribution < 1.29 is 9.53 Å². The summed E-state index contributed by atoms with van der Waals surface area (Å²) < 4.78 is 5.19. The summed E-state index contributed by atoms with van der Waals surface area (Å²) in [6.45, 7) is 3.89. The third-order valence-corrected chi connectivity index (χ3v) is 5.54. The van der Waals surface area contributed by atoms with Gasteiger partial charge in [0.1, 0.15) is 5.75 Å². The quantitative estimate of drug-likeness (QED) is 0.665. The second-order valence-corrected chi connectivity index (χ2v) is 7.47. The molecule has 1 amide bonds. The highest BCUT2D eigenvalue weighted by molar-refractivity contribution is 5.94. The molecule has 1 aliphatic heterocycles. The molecule has 1 N–H and O–H groups in total. The van der Waals surface area contributed by atoms with E-state index in [2.05, 4.69) is 34.5 Å². The molecular weight excluding hydrogens is 360 g/mol. The van der Waals surface area contributed by atoms with E-state index in [9.17, 15) is 4.79 Å². The van der Waals surface area contributed by atoms with E-state index >= 15 is 0 Å². The van der Waals surface area contributed by atoms with Crippen molar-refractivity contribution in [2.24, 2.45) is 0 Å². The Balaban J connectivity index is 1.38. The zero-order valence-corrected chi connectivity index (χ0v) is 16.9. The van der Waals surface area contributed by atoms with Crippen LogP contribution in [-0.4, -0.2) is 19.6 Å². The van der Waals surface area contributed by atoms with E-state index < -0.39 is 0 Å². The van der Waals surface area contributed by atoms with Gasteiger partial charge in [-0.2, -0.15) is 0 Å². The molecular formula is C25H26N2O2. The minimum atomic E-state index is -0.0748. The van der Waals surface area contributed by atoms with Gasteiger partial charge in [-0.15, -0.1) is 0 Å². The van der Waals surface area contributed by atoms with E-state index in [0.717, 1.165) is 30.8 Å². The summed E-state index contributed by atoms with van der Waals surface area (Å²) in [5, 5.41) is 3.07. The van der Waals surface area contributed by atoms with Crippen LogP contribution in [0.4, 0.5) is 5.69 Å². The second-order valence-electron chi connectivity index (χ2n) is 7.47. The summed E-state index contributed by atoms with van der Waals surface area (Å²) >= 11 is 0. The Hall–Kier alpha value is -3.27. The van der Waals surface area contributed by atoms with Crippen LogP contribution in [0.5, 0.6) is 5.75 Å². The van der Waals surface area contributed by atoms with Gasteiger partial charge >= 0.3 is 0 Å². The highest BCUT2D eigenvalue weighted by Crippen LogP contribution is 2.28. The molecule has 0 fully saturated rings. The fourth-order valence-electron chi connectivity index (χ4n) is 3.81. The molecule has 1 atom stereocenters. The lowest BCUT2D eigenvalue weighted by Crippen LogP contribution is -2.26. The number of nitrogens with zero attached hydrogens (tertiary/aromatic N) is 1. The number of fused-ring (bicyclic) bond motifs is 1. The normalized spacial score (nSPS) is 13.7. The van der Waals surface area contributed by atoms with Crippen molar-refractivity contribution in [1.82, 2.24) is 5.32 Å². The van der Waals surface area contributed by atoms with Gasteiger partial charge in [0, 0.05) is 24.3 Å². The second kappa shape index (κ2) is 8.39. The number of hydrogen-bond acceptors (Lipinski definition) is 3. The Bertz CT molecular complexity index is 980. The molecule has 1 unspecified atom stereocenters. The van der Waals surface area contributed by atoms with Crippen LogP contribution in [0.1, 0.15) is 40.0 Å². The van der Waals surface area contributed by atoms with Crippen LogP contribution < -0.4 is 15.0 Å². The van der Waals surface area contributed by atoms with Gasteiger partial charge in [0.25, 0.3) is 5.91 Å². The van der Waals surface area contributed by atoms with Crippen LogP contribution >= 0.6 is 0 Å². The molecule has 1 aliphatic rings. The number of amides is 1. The SMILES string of the molecule is COc1ccc(C(C)NC(=O)c2ccc(CN3CCc4ccccc43)cc2)cc1. The maximum Gasteiger partial charge on any atom is 0.251 e. The average molecular weight is 386 g/mol. The minimum Gasteiger partial charge on any atom is -0.497 e. The Labute approximate surface area is 172 Å². The summed E-state index contributed by atoms with van der Waals surface area (Å²) in [4.78, 5) is 15.0. The topological polar surface area (TPSA) is 41.6 Å². The van der Waals surface area contributed by atoms with Crippen molar-refractivity contribution in [2.75, 3.05) is 18.6 Å². The molecule has 0 spiro atoms. The summed E-state index contributed by atoms with van der Waals surface area (Å²) in [5.74, 6) is 0.745. The molecule has 0 bridgehead atoms. The zero-order chi connectivity index (χ0) is 20.2. The first-order chi connectivity index (χ1) is 14.1. The number of para-hydroxylation sites is 1. The van der Waals surface area contributed by atoms with Crippen molar-refractivity contribution in [2.45, 2.75) is 25.9 Å². The Kier molecular flexibility index (Phi) is 5.52. The predicted molar refractivity (Wildman–Crippen MR) is 117 cm³/mol. The molecule has 4 nitrogen and oxygen atoms in total. The van der Waals surface area contributed by atoms with Crippen molar-refractivity contribution in [1.29, 1.82) is 0 Å². The number of rotatable bonds is 6. The first-order valence-electron chi connectivity index (χ1n) is 10.0. The van der Waals surface area contributed by atoms with Crippen molar-refractivity contribution in [3.05, 3.63) is 95.1 Å². The van der Waals surface area contributed by atoms with Gasteiger partial charge in [-0.25, -0.2) is 0 Å². The minimum absolute atomic E-state index is 0.0635. The van der Waals surface area contributed by atoms with Crippen LogP contribution in [0.15, 0.2) is 72.8 Å². The Morgan fingerprint density at radius 3 is 2.48 bits per heavy atom. The van der Waals surface area contributed by atoms with E-state index in [1.165, 1.54) is 16.8 Å². The number of ether oxygens (including phenoxy) is 1. The Morgan fingerprint density at radius 1 is 1.03 bits per heavy atom. The molecule has 4 rings (SSSR count). The first kappa shape index (κ1) is 19.1. The molecule has 148 valence electrons. The lowest BCUT2D eigenvalue weighted by molar-refractivity contribution is 0.0940. The largest absolute Gasteiger partial charge is 0.497 e. The van der Waals surface area contributed by atoms with Crippen LogP contribution in [-0.2, 0) is 13.0 Å². The highest BCUT2D eigenvalue weighted by Gasteiger charge is 2.18. The smallest absolute Gasteiger partial charge is 0.251 e. The molecule has 3 aromatic rings. The number of methoxy groups -OCH3 is 1. The van der Waals surface area contributed by atoms with Crippen molar-refractivity contribution in [3.63, 3.8) is 0 Å². The first-order valence-corrected chi connectivity index (χ1v) is 10.0. The van der Waals surface area contributed by atoms with Crippen LogP contribution in [0.2, 0.25) is 0 Å². The Morgan fingerprint density at radius 2 is 1.76 bits per heavy atom. The number of hydrogen-bond donors (Lipinski definition) is 1. The van der Waals surface area contributed by atoms with E-state index in [4.69, 9.17) is 4.74 Å². The standard InChI is InChI=1S/C25H26N2O2/c1-18(20-11-13-23(29-2)14-12-20)26-25(28)22-9-7-19(8-10-22)17-27-16-15-21-5-3-4-6-24(21)27/h3-14,18H,15-17H2,1-2H3,(H,26,28). The number of carbonyl (C=O) groups is 1. The number of carbonyl (C=O) groups excluding carboxylic acids is 1. The van der Waals surface area contributed by atoms with Gasteiger partial charge in [-0.05, 0) is 60.4 Å². The maximum atomic E-state index is 12.6. The van der Waals surface area contributed by atoms with Gasteiger partial charge in [-0.3, -0.25) is 4.79 Å². The average Bonchev–Trinajstić information content (AvgIpc) is 3.17. The van der Waals surface area contributed by atoms with E-state index in [0.29, 0.717) is 5.56 Å². The van der Waals surface area contributed by atoms with Crippen LogP contribution in [0, 0.1) is 0 Å². The molecule has 29 heavy (non-hydrogen) atoms. The van der Waals surface area contributed by atoms with Gasteiger partial charge < -0.3 is 15.0 Å². The number of nitrogens with one attached hydrogen (secondary N) is 1. The molecule has 0 aliphatic carbocycles. The van der Waals surface area contributed by atoms with E-state index in [-0.39, 0.29) is 11.9 Å². The third kappa shape index (κ3) is 4.27. The van der Waals surface area contributed by atoms with Crippen molar-refractivity contribution in [3.8, 4) is 5.75 Å². The third-order valence-electron chi connectivity index (χ3n) is 5.54. The highest BCUT2D eigenvalue weighted by atomic mass is 16.5. The number of benzene rings is 3. The summed E-state index contributed by atoms with van der Waals surface area (Å²) in [5.41, 5.74) is 5.67. The monoisotopic (exact) mass is 386 g/mol. The molecule has 4 heteroatoms. The molecule has 0 saturated carbocycles. The molecule has 3 aromatic carbocycles. The zero-order valence-electron chi connectivity index (χ0n) is 16.9. The molecule has 0 saturated heterocycles. The van der Waals surface area contributed by atoms with Gasteiger partial charge in [0.05, 0.1) is 13.2 Å². The van der Waals surface area contributed by atoms with E-state index in [1.54, 1.807) is 7.11 Å². The fraction of sp³-hybridized carbons (Fsp3) is 0.240. The van der Waals surface area contributed by atoms with Gasteiger partial charge in [0.15, 0.2) is 0 Å². The predicted octanol–water partition coefficient (Wildman–Crippen LogP) is 4.75. The summed E-state index contributed by atoms with van der Waals surface area (Å²) in [6, 6.07) is 24.2. The lowest BCUT2D eigenvalue weighted by atomic mass is 10.1. The fourth-order valence-corrected chi connectivity index (χ4v) is 3.81. The van der Waals surface area contributed by atoms with Gasteiger partial charge in [-0.1, -0.05) is 42.5 Å². The van der Waals surface area contributed by atoms with Gasteiger partial charge in [0.2, 0.25) is 0 Å². The van der Waals surface area contributed by atoms with E-state index in [1.807, 2.05) is 55.5 Å². The summed E-state index contributed by atoms with van der Waals surface area (Å²) in [6.07, 6.45) is 1.10. The molecule has 0 aromatic heterocycles. The number of anilines is 1. The summed E-state index contributed by atoms with van der Waals surface area (Å²) in [7, 11) is 1.65. The van der Waals surface area contributed by atoms with Crippen molar-refractivity contribution >= 4 is 11.6 Å². The lowest BCUT2D eigenvalue weighted by Gasteiger charge is -2.19. The maximum absolute atomic E-state index is 12.6.